The van der Waals surface area contributed by atoms with E-state index >= 15 is 0 Å². The topological polar surface area (TPSA) is 67.1 Å². The Bertz CT molecular complexity index is 866. The summed E-state index contributed by atoms with van der Waals surface area (Å²) in [5.41, 5.74) is -1.44. The van der Waals surface area contributed by atoms with Gasteiger partial charge in [0, 0.05) is 17.7 Å². The Hall–Kier alpha value is -2.77. The lowest BCUT2D eigenvalue weighted by atomic mass is 9.86. The molecule has 2 heterocycles. The summed E-state index contributed by atoms with van der Waals surface area (Å²) in [6, 6.07) is 5.86. The number of aliphatic carboxylic acids is 1. The fourth-order valence-electron chi connectivity index (χ4n) is 3.11. The molecule has 0 radical (unpaired) electrons. The first-order valence-corrected chi connectivity index (χ1v) is 7.78. The van der Waals surface area contributed by atoms with Crippen molar-refractivity contribution >= 4 is 17.5 Å². The van der Waals surface area contributed by atoms with Gasteiger partial charge in [0.2, 0.25) is 0 Å². The zero-order valence-electron chi connectivity index (χ0n) is 12.9. The molecule has 0 amide bonds. The SMILES string of the molecule is O=C(O)C1(c2ccc(C(F)(F)F)cc2)C=C(C2CC2)n2nccc2N1. The lowest BCUT2D eigenvalue weighted by molar-refractivity contribution is -0.141. The van der Waals surface area contributed by atoms with Gasteiger partial charge in [-0.15, -0.1) is 0 Å². The summed E-state index contributed by atoms with van der Waals surface area (Å²) in [5, 5.41) is 17.0. The summed E-state index contributed by atoms with van der Waals surface area (Å²) < 4.78 is 40.0. The highest BCUT2D eigenvalue weighted by Crippen LogP contribution is 2.45. The van der Waals surface area contributed by atoms with Crippen LogP contribution in [-0.2, 0) is 16.5 Å². The predicted molar refractivity (Wildman–Crippen MR) is 83.6 cm³/mol. The number of alkyl halides is 3. The molecule has 2 aliphatic rings. The molecule has 1 aromatic carbocycles. The second-order valence-corrected chi connectivity index (χ2v) is 6.29. The third kappa shape index (κ3) is 2.48. The Balaban J connectivity index is 1.84. The number of anilines is 1. The molecule has 25 heavy (non-hydrogen) atoms. The van der Waals surface area contributed by atoms with Crippen LogP contribution in [0.4, 0.5) is 19.0 Å². The van der Waals surface area contributed by atoms with E-state index in [1.165, 1.54) is 12.1 Å². The fraction of sp³-hybridized carbons (Fsp3) is 0.294. The van der Waals surface area contributed by atoms with Gasteiger partial charge in [-0.1, -0.05) is 12.1 Å². The zero-order chi connectivity index (χ0) is 17.8. The van der Waals surface area contributed by atoms with Crippen molar-refractivity contribution in [2.24, 2.45) is 5.92 Å². The van der Waals surface area contributed by atoms with E-state index in [9.17, 15) is 23.1 Å². The van der Waals surface area contributed by atoms with Crippen LogP contribution in [0.3, 0.4) is 0 Å². The van der Waals surface area contributed by atoms with E-state index in [-0.39, 0.29) is 11.5 Å². The molecule has 1 aromatic heterocycles. The zero-order valence-corrected chi connectivity index (χ0v) is 12.9. The number of nitrogens with one attached hydrogen (secondary N) is 1. The van der Waals surface area contributed by atoms with E-state index in [1.54, 1.807) is 23.0 Å². The number of hydrogen-bond donors (Lipinski definition) is 2. The smallest absolute Gasteiger partial charge is 0.416 e. The standard InChI is InChI=1S/C17H14F3N3O2/c18-17(19,20)12-5-3-11(4-6-12)16(15(24)25)9-13(10-1-2-10)23-14(22-16)7-8-21-23/h3-10,22H,1-2H2,(H,24,25). The third-order valence-electron chi connectivity index (χ3n) is 4.58. The van der Waals surface area contributed by atoms with Crippen molar-refractivity contribution < 1.29 is 23.1 Å². The van der Waals surface area contributed by atoms with Gasteiger partial charge in [-0.05, 0) is 36.6 Å². The lowest BCUT2D eigenvalue weighted by Crippen LogP contribution is -2.45. The van der Waals surface area contributed by atoms with Crippen molar-refractivity contribution in [2.45, 2.75) is 24.6 Å². The van der Waals surface area contributed by atoms with E-state index in [4.69, 9.17) is 0 Å². The van der Waals surface area contributed by atoms with Crippen LogP contribution in [0.25, 0.3) is 5.70 Å². The number of benzene rings is 1. The number of fused-ring (bicyclic) bond motifs is 1. The molecule has 0 spiro atoms. The molecular formula is C17H14F3N3O2. The number of hydrogen-bond acceptors (Lipinski definition) is 3. The van der Waals surface area contributed by atoms with Crippen LogP contribution in [0, 0.1) is 5.92 Å². The fourth-order valence-corrected chi connectivity index (χ4v) is 3.11. The van der Waals surface area contributed by atoms with Gasteiger partial charge >= 0.3 is 12.1 Å². The molecule has 130 valence electrons. The summed E-state index contributed by atoms with van der Waals surface area (Å²) in [5.74, 6) is -0.460. The molecule has 8 heteroatoms. The minimum Gasteiger partial charge on any atom is -0.479 e. The Kier molecular flexibility index (Phi) is 3.22. The van der Waals surface area contributed by atoms with Crippen molar-refractivity contribution in [1.29, 1.82) is 0 Å². The molecule has 2 N–H and O–H groups in total. The van der Waals surface area contributed by atoms with E-state index in [1.807, 2.05) is 0 Å². The van der Waals surface area contributed by atoms with Crippen LogP contribution < -0.4 is 5.32 Å². The van der Waals surface area contributed by atoms with Gasteiger partial charge in [0.1, 0.15) is 5.82 Å². The third-order valence-corrected chi connectivity index (χ3v) is 4.58. The molecule has 1 unspecified atom stereocenters. The van der Waals surface area contributed by atoms with Crippen molar-refractivity contribution in [3.8, 4) is 0 Å². The average molecular weight is 349 g/mol. The Labute approximate surface area is 140 Å². The molecule has 1 aliphatic carbocycles. The monoisotopic (exact) mass is 349 g/mol. The number of carboxylic acid groups (broad SMARTS) is 1. The second-order valence-electron chi connectivity index (χ2n) is 6.29. The number of aromatic nitrogens is 2. The second kappa shape index (κ2) is 5.11. The molecular weight excluding hydrogens is 335 g/mol. The maximum absolute atomic E-state index is 12.8. The first kappa shape index (κ1) is 15.7. The van der Waals surface area contributed by atoms with E-state index in [0.29, 0.717) is 5.82 Å². The number of nitrogens with zero attached hydrogens (tertiary/aromatic N) is 2. The number of carbonyl (C=O) groups is 1. The maximum Gasteiger partial charge on any atom is 0.416 e. The van der Waals surface area contributed by atoms with E-state index in [2.05, 4.69) is 10.4 Å². The van der Waals surface area contributed by atoms with Gasteiger partial charge in [0.05, 0.1) is 11.8 Å². The quantitative estimate of drug-likeness (QED) is 0.889. The number of rotatable bonds is 3. The van der Waals surface area contributed by atoms with Crippen LogP contribution in [0.5, 0.6) is 0 Å². The Morgan fingerprint density at radius 3 is 2.48 bits per heavy atom. The van der Waals surface area contributed by atoms with E-state index in [0.717, 1.165) is 30.7 Å². The van der Waals surface area contributed by atoms with Gasteiger partial charge in [-0.25, -0.2) is 9.48 Å². The highest BCUT2D eigenvalue weighted by Gasteiger charge is 2.45. The van der Waals surface area contributed by atoms with Gasteiger partial charge in [0.25, 0.3) is 0 Å². The summed E-state index contributed by atoms with van der Waals surface area (Å²) >= 11 is 0. The first-order valence-electron chi connectivity index (χ1n) is 7.78. The molecule has 1 saturated carbocycles. The molecule has 5 nitrogen and oxygen atoms in total. The van der Waals surface area contributed by atoms with Gasteiger partial charge in [-0.2, -0.15) is 18.3 Å². The van der Waals surface area contributed by atoms with E-state index < -0.39 is 23.2 Å². The predicted octanol–water partition coefficient (Wildman–Crippen LogP) is 3.56. The number of carboxylic acids is 1. The normalized spacial score (nSPS) is 22.8. The summed E-state index contributed by atoms with van der Waals surface area (Å²) in [6.07, 6.45) is 0.531. The molecule has 2 aromatic rings. The number of halogens is 3. The minimum atomic E-state index is -4.47. The van der Waals surface area contributed by atoms with Crippen LogP contribution in [-0.4, -0.2) is 20.9 Å². The van der Waals surface area contributed by atoms with Gasteiger partial charge in [-0.3, -0.25) is 0 Å². The van der Waals surface area contributed by atoms with Crippen LogP contribution >= 0.6 is 0 Å². The van der Waals surface area contributed by atoms with Crippen LogP contribution in [0.15, 0.2) is 42.6 Å². The van der Waals surface area contributed by atoms with Gasteiger partial charge in [0.15, 0.2) is 5.54 Å². The molecule has 1 atom stereocenters. The molecule has 0 saturated heterocycles. The van der Waals surface area contributed by atoms with Crippen LogP contribution in [0.2, 0.25) is 0 Å². The highest BCUT2D eigenvalue weighted by molar-refractivity contribution is 5.90. The molecule has 1 fully saturated rings. The van der Waals surface area contributed by atoms with Crippen molar-refractivity contribution in [3.05, 3.63) is 53.7 Å². The lowest BCUT2D eigenvalue weighted by Gasteiger charge is -2.34. The largest absolute Gasteiger partial charge is 0.479 e. The highest BCUT2D eigenvalue weighted by atomic mass is 19.4. The van der Waals surface area contributed by atoms with Crippen LogP contribution in [0.1, 0.15) is 24.0 Å². The molecule has 4 rings (SSSR count). The summed E-state index contributed by atoms with van der Waals surface area (Å²) in [6.45, 7) is 0. The summed E-state index contributed by atoms with van der Waals surface area (Å²) in [4.78, 5) is 12.1. The Morgan fingerprint density at radius 1 is 1.24 bits per heavy atom. The summed E-state index contributed by atoms with van der Waals surface area (Å²) in [7, 11) is 0. The van der Waals surface area contributed by atoms with Gasteiger partial charge < -0.3 is 10.4 Å². The Morgan fingerprint density at radius 2 is 1.92 bits per heavy atom. The first-order chi connectivity index (χ1) is 11.8. The van der Waals surface area contributed by atoms with Crippen molar-refractivity contribution in [3.63, 3.8) is 0 Å². The molecule has 1 aliphatic heterocycles. The number of allylic oxidation sites excluding steroid dienone is 1. The minimum absolute atomic E-state index is 0.217. The average Bonchev–Trinajstić information content (AvgIpc) is 3.30. The molecule has 0 bridgehead atoms. The van der Waals surface area contributed by atoms with Crippen molar-refractivity contribution in [1.82, 2.24) is 9.78 Å². The van der Waals surface area contributed by atoms with Crippen molar-refractivity contribution in [2.75, 3.05) is 5.32 Å². The maximum atomic E-state index is 12.8.